The van der Waals surface area contributed by atoms with Crippen LogP contribution in [0.25, 0.3) is 0 Å². The lowest BCUT2D eigenvalue weighted by atomic mass is 9.91. The first-order chi connectivity index (χ1) is 7.22. The second-order valence-corrected chi connectivity index (χ2v) is 5.69. The highest BCUT2D eigenvalue weighted by Gasteiger charge is 2.27. The molecule has 0 aromatic rings. The number of hydrogen-bond acceptors (Lipinski definition) is 2. The Kier molecular flexibility index (Phi) is 5.84. The van der Waals surface area contributed by atoms with Crippen LogP contribution in [-0.2, 0) is 4.74 Å². The largest absolute Gasteiger partial charge is 0.444 e. The SMILES string of the molecule is CCCC(C)(CCC)NC(=O)OC(C)(C)C. The van der Waals surface area contributed by atoms with Crippen LogP contribution >= 0.6 is 0 Å². The molecule has 1 amide bonds. The van der Waals surface area contributed by atoms with E-state index in [1.807, 2.05) is 20.8 Å². The molecule has 0 saturated carbocycles. The third kappa shape index (κ3) is 6.70. The number of hydrogen-bond donors (Lipinski definition) is 1. The molecule has 1 N–H and O–H groups in total. The predicted molar refractivity (Wildman–Crippen MR) is 67.6 cm³/mol. The van der Waals surface area contributed by atoms with Crippen LogP contribution < -0.4 is 5.32 Å². The molecule has 0 aliphatic rings. The Bertz CT molecular complexity index is 212. The van der Waals surface area contributed by atoms with Crippen LogP contribution in [0.15, 0.2) is 0 Å². The molecule has 0 heterocycles. The summed E-state index contributed by atoms with van der Waals surface area (Å²) >= 11 is 0. The summed E-state index contributed by atoms with van der Waals surface area (Å²) in [4.78, 5) is 11.7. The number of ether oxygens (including phenoxy) is 1. The lowest BCUT2D eigenvalue weighted by Gasteiger charge is -2.31. The Morgan fingerprint density at radius 1 is 1.06 bits per heavy atom. The molecular weight excluding hydrogens is 202 g/mol. The van der Waals surface area contributed by atoms with E-state index in [-0.39, 0.29) is 11.6 Å². The summed E-state index contributed by atoms with van der Waals surface area (Å²) in [6, 6.07) is 0. The normalized spacial score (nSPS) is 12.4. The van der Waals surface area contributed by atoms with Crippen LogP contribution in [0.4, 0.5) is 4.79 Å². The summed E-state index contributed by atoms with van der Waals surface area (Å²) in [5.41, 5.74) is -0.560. The van der Waals surface area contributed by atoms with E-state index >= 15 is 0 Å². The van der Waals surface area contributed by atoms with Gasteiger partial charge in [0.25, 0.3) is 0 Å². The van der Waals surface area contributed by atoms with Crippen molar-refractivity contribution in [2.24, 2.45) is 0 Å². The molecule has 0 aromatic heterocycles. The summed E-state index contributed by atoms with van der Waals surface area (Å²) in [7, 11) is 0. The van der Waals surface area contributed by atoms with Gasteiger partial charge in [-0.1, -0.05) is 26.7 Å². The molecule has 0 saturated heterocycles. The average molecular weight is 229 g/mol. The van der Waals surface area contributed by atoms with Crippen LogP contribution in [0.1, 0.15) is 67.2 Å². The number of carbonyl (C=O) groups excluding carboxylic acids is 1. The smallest absolute Gasteiger partial charge is 0.408 e. The molecule has 0 unspecified atom stereocenters. The molecule has 0 spiro atoms. The van der Waals surface area contributed by atoms with Gasteiger partial charge < -0.3 is 10.1 Å². The number of rotatable bonds is 5. The van der Waals surface area contributed by atoms with E-state index < -0.39 is 5.60 Å². The Hall–Kier alpha value is -0.730. The van der Waals surface area contributed by atoms with Crippen LogP contribution in [0.3, 0.4) is 0 Å². The van der Waals surface area contributed by atoms with Crippen molar-refractivity contribution in [3.63, 3.8) is 0 Å². The predicted octanol–water partition coefficient (Wildman–Crippen LogP) is 3.87. The Labute approximate surface area is 99.9 Å². The van der Waals surface area contributed by atoms with E-state index in [4.69, 9.17) is 4.74 Å². The molecule has 0 aromatic carbocycles. The summed E-state index contributed by atoms with van der Waals surface area (Å²) < 4.78 is 5.28. The first-order valence-electron chi connectivity index (χ1n) is 6.23. The Balaban J connectivity index is 4.34. The Morgan fingerprint density at radius 3 is 1.81 bits per heavy atom. The monoisotopic (exact) mass is 229 g/mol. The van der Waals surface area contributed by atoms with Gasteiger partial charge in [-0.15, -0.1) is 0 Å². The molecule has 0 aliphatic carbocycles. The molecule has 0 rings (SSSR count). The van der Waals surface area contributed by atoms with Crippen molar-refractivity contribution >= 4 is 6.09 Å². The molecule has 0 bridgehead atoms. The van der Waals surface area contributed by atoms with Gasteiger partial charge in [-0.25, -0.2) is 4.79 Å². The van der Waals surface area contributed by atoms with Crippen molar-refractivity contribution in [3.05, 3.63) is 0 Å². The zero-order chi connectivity index (χ0) is 12.8. The highest BCUT2D eigenvalue weighted by Crippen LogP contribution is 2.19. The quantitative estimate of drug-likeness (QED) is 0.777. The van der Waals surface area contributed by atoms with Gasteiger partial charge in [0.2, 0.25) is 0 Å². The molecule has 0 atom stereocenters. The van der Waals surface area contributed by atoms with Crippen molar-refractivity contribution in [3.8, 4) is 0 Å². The first kappa shape index (κ1) is 15.3. The topological polar surface area (TPSA) is 38.3 Å². The van der Waals surface area contributed by atoms with E-state index in [2.05, 4.69) is 26.1 Å². The zero-order valence-electron chi connectivity index (χ0n) is 11.6. The molecule has 0 aliphatic heterocycles. The lowest BCUT2D eigenvalue weighted by Crippen LogP contribution is -2.47. The fraction of sp³-hybridized carbons (Fsp3) is 0.923. The maximum atomic E-state index is 11.7. The van der Waals surface area contributed by atoms with Gasteiger partial charge in [0.05, 0.1) is 0 Å². The van der Waals surface area contributed by atoms with Crippen LogP contribution in [0.2, 0.25) is 0 Å². The van der Waals surface area contributed by atoms with E-state index in [1.165, 1.54) is 0 Å². The minimum Gasteiger partial charge on any atom is -0.444 e. The standard InChI is InChI=1S/C13H27NO2/c1-7-9-13(6,10-8-2)14-11(15)16-12(3,4)5/h7-10H2,1-6H3,(H,14,15). The fourth-order valence-corrected chi connectivity index (χ4v) is 1.90. The zero-order valence-corrected chi connectivity index (χ0v) is 11.6. The number of amides is 1. The van der Waals surface area contributed by atoms with E-state index in [0.717, 1.165) is 25.7 Å². The average Bonchev–Trinajstić information content (AvgIpc) is 1.99. The summed E-state index contributed by atoms with van der Waals surface area (Å²) in [5, 5.41) is 2.99. The summed E-state index contributed by atoms with van der Waals surface area (Å²) in [6.45, 7) is 12.0. The van der Waals surface area contributed by atoms with Crippen molar-refractivity contribution in [1.82, 2.24) is 5.32 Å². The van der Waals surface area contributed by atoms with Crippen LogP contribution in [0, 0.1) is 0 Å². The lowest BCUT2D eigenvalue weighted by molar-refractivity contribution is 0.0452. The van der Waals surface area contributed by atoms with Gasteiger partial charge in [-0.05, 0) is 40.5 Å². The second-order valence-electron chi connectivity index (χ2n) is 5.69. The maximum absolute atomic E-state index is 11.7. The second kappa shape index (κ2) is 6.12. The van der Waals surface area contributed by atoms with Crippen LogP contribution in [0.5, 0.6) is 0 Å². The van der Waals surface area contributed by atoms with Gasteiger partial charge in [0, 0.05) is 5.54 Å². The van der Waals surface area contributed by atoms with Gasteiger partial charge in [-0.3, -0.25) is 0 Å². The van der Waals surface area contributed by atoms with Crippen molar-refractivity contribution in [2.75, 3.05) is 0 Å². The molecule has 3 nitrogen and oxygen atoms in total. The molecular formula is C13H27NO2. The molecule has 16 heavy (non-hydrogen) atoms. The maximum Gasteiger partial charge on any atom is 0.408 e. The summed E-state index contributed by atoms with van der Waals surface area (Å²) in [6.07, 6.45) is 3.79. The highest BCUT2D eigenvalue weighted by atomic mass is 16.6. The Morgan fingerprint density at radius 2 is 1.50 bits per heavy atom. The van der Waals surface area contributed by atoms with E-state index in [1.54, 1.807) is 0 Å². The molecule has 96 valence electrons. The van der Waals surface area contributed by atoms with Gasteiger partial charge in [0.1, 0.15) is 5.60 Å². The summed E-state index contributed by atoms with van der Waals surface area (Å²) in [5.74, 6) is 0. The molecule has 3 heteroatoms. The minimum absolute atomic E-state index is 0.133. The third-order valence-electron chi connectivity index (χ3n) is 2.41. The van der Waals surface area contributed by atoms with Crippen LogP contribution in [-0.4, -0.2) is 17.2 Å². The van der Waals surface area contributed by atoms with E-state index in [0.29, 0.717) is 0 Å². The van der Waals surface area contributed by atoms with Gasteiger partial charge in [0.15, 0.2) is 0 Å². The third-order valence-corrected chi connectivity index (χ3v) is 2.41. The van der Waals surface area contributed by atoms with Crippen molar-refractivity contribution < 1.29 is 9.53 Å². The minimum atomic E-state index is -0.427. The van der Waals surface area contributed by atoms with Crippen molar-refractivity contribution in [1.29, 1.82) is 0 Å². The van der Waals surface area contributed by atoms with E-state index in [9.17, 15) is 4.79 Å². The fourth-order valence-electron chi connectivity index (χ4n) is 1.90. The number of alkyl carbamates (subject to hydrolysis) is 1. The number of carbonyl (C=O) groups is 1. The molecule has 0 fully saturated rings. The van der Waals surface area contributed by atoms with Crippen molar-refractivity contribution in [2.45, 2.75) is 78.4 Å². The van der Waals surface area contributed by atoms with Gasteiger partial charge in [-0.2, -0.15) is 0 Å². The highest BCUT2D eigenvalue weighted by molar-refractivity contribution is 5.68. The molecule has 0 radical (unpaired) electrons. The van der Waals surface area contributed by atoms with Gasteiger partial charge >= 0.3 is 6.09 Å². The number of nitrogens with one attached hydrogen (secondary N) is 1. The first-order valence-corrected chi connectivity index (χ1v) is 6.23.